The topological polar surface area (TPSA) is 69.5 Å². The molecule has 0 spiro atoms. The van der Waals surface area contributed by atoms with E-state index in [-0.39, 0.29) is 35.5 Å². The van der Waals surface area contributed by atoms with Gasteiger partial charge in [0.1, 0.15) is 5.15 Å². The summed E-state index contributed by atoms with van der Waals surface area (Å²) < 4.78 is 0. The third kappa shape index (κ3) is 7.27. The van der Waals surface area contributed by atoms with Crippen molar-refractivity contribution >= 4 is 41.5 Å². The van der Waals surface area contributed by atoms with Crippen molar-refractivity contribution in [3.63, 3.8) is 0 Å². The highest BCUT2D eigenvalue weighted by molar-refractivity contribution is 14.0. The SMILES string of the molecule is CCNC(=NCC1(C)CCCCC1O)NCCc1ccc(Cl)nc1.I. The summed E-state index contributed by atoms with van der Waals surface area (Å²) in [6.07, 6.45) is 6.62. The third-order valence-corrected chi connectivity index (χ3v) is 4.94. The molecule has 1 aromatic rings. The van der Waals surface area contributed by atoms with Crippen LogP contribution >= 0.6 is 35.6 Å². The molecule has 1 aliphatic rings. The summed E-state index contributed by atoms with van der Waals surface area (Å²) in [5.41, 5.74) is 1.03. The number of aromatic nitrogens is 1. The van der Waals surface area contributed by atoms with Gasteiger partial charge < -0.3 is 15.7 Å². The number of aliphatic imine (C=N–C) groups is 1. The second kappa shape index (κ2) is 11.2. The Morgan fingerprint density at radius 1 is 1.40 bits per heavy atom. The van der Waals surface area contributed by atoms with Gasteiger partial charge in [-0.25, -0.2) is 4.98 Å². The molecule has 0 aliphatic heterocycles. The molecule has 1 fully saturated rings. The van der Waals surface area contributed by atoms with Crippen molar-refractivity contribution in [3.8, 4) is 0 Å². The molecule has 0 amide bonds. The highest BCUT2D eigenvalue weighted by atomic mass is 127. The highest BCUT2D eigenvalue weighted by Crippen LogP contribution is 2.36. The van der Waals surface area contributed by atoms with Crippen molar-refractivity contribution in [1.82, 2.24) is 15.6 Å². The maximum absolute atomic E-state index is 10.3. The van der Waals surface area contributed by atoms with Crippen LogP contribution in [0.4, 0.5) is 0 Å². The van der Waals surface area contributed by atoms with Crippen molar-refractivity contribution in [3.05, 3.63) is 29.0 Å². The van der Waals surface area contributed by atoms with Crippen LogP contribution in [-0.4, -0.2) is 41.8 Å². The molecule has 25 heavy (non-hydrogen) atoms. The van der Waals surface area contributed by atoms with Crippen LogP contribution in [0.1, 0.15) is 45.1 Å². The Bertz CT molecular complexity index is 540. The number of guanidine groups is 1. The fourth-order valence-electron chi connectivity index (χ4n) is 3.05. The lowest BCUT2D eigenvalue weighted by atomic mass is 9.73. The predicted octanol–water partition coefficient (Wildman–Crippen LogP) is 3.39. The quantitative estimate of drug-likeness (QED) is 0.253. The van der Waals surface area contributed by atoms with Crippen molar-refractivity contribution in [1.29, 1.82) is 0 Å². The van der Waals surface area contributed by atoms with Gasteiger partial charge in [-0.1, -0.05) is 37.4 Å². The van der Waals surface area contributed by atoms with E-state index in [9.17, 15) is 5.11 Å². The van der Waals surface area contributed by atoms with Crippen molar-refractivity contribution < 1.29 is 5.11 Å². The van der Waals surface area contributed by atoms with E-state index < -0.39 is 0 Å². The smallest absolute Gasteiger partial charge is 0.191 e. The van der Waals surface area contributed by atoms with E-state index in [1.807, 2.05) is 12.1 Å². The van der Waals surface area contributed by atoms with Crippen molar-refractivity contribution in [2.75, 3.05) is 19.6 Å². The van der Waals surface area contributed by atoms with Gasteiger partial charge in [0.05, 0.1) is 12.6 Å². The lowest BCUT2D eigenvalue weighted by molar-refractivity contribution is 0.00716. The molecule has 1 heterocycles. The van der Waals surface area contributed by atoms with Crippen LogP contribution in [0.2, 0.25) is 5.15 Å². The summed E-state index contributed by atoms with van der Waals surface area (Å²) in [7, 11) is 0. The van der Waals surface area contributed by atoms with Crippen LogP contribution in [0.3, 0.4) is 0 Å². The molecular formula is C18H30ClIN4O. The van der Waals surface area contributed by atoms with E-state index in [2.05, 4.69) is 29.5 Å². The zero-order chi connectivity index (χ0) is 17.4. The Hall–Kier alpha value is -0.600. The van der Waals surface area contributed by atoms with Crippen LogP contribution in [0.25, 0.3) is 0 Å². The Balaban J connectivity index is 0.00000312. The van der Waals surface area contributed by atoms with Gasteiger partial charge in [0.2, 0.25) is 0 Å². The van der Waals surface area contributed by atoms with E-state index in [0.717, 1.165) is 50.3 Å². The van der Waals surface area contributed by atoms with E-state index in [4.69, 9.17) is 16.6 Å². The molecule has 1 aromatic heterocycles. The minimum absolute atomic E-state index is 0. The molecule has 0 bridgehead atoms. The fraction of sp³-hybridized carbons (Fsp3) is 0.667. The average Bonchev–Trinajstić information content (AvgIpc) is 2.57. The summed E-state index contributed by atoms with van der Waals surface area (Å²) in [6.45, 7) is 6.43. The van der Waals surface area contributed by atoms with Crippen LogP contribution < -0.4 is 10.6 Å². The number of rotatable bonds is 6. The van der Waals surface area contributed by atoms with E-state index >= 15 is 0 Å². The monoisotopic (exact) mass is 480 g/mol. The lowest BCUT2D eigenvalue weighted by Crippen LogP contribution is -2.42. The van der Waals surface area contributed by atoms with Gasteiger partial charge in [0.15, 0.2) is 5.96 Å². The first-order valence-corrected chi connectivity index (χ1v) is 9.22. The summed E-state index contributed by atoms with van der Waals surface area (Å²) >= 11 is 5.80. The molecule has 5 nitrogen and oxygen atoms in total. The van der Waals surface area contributed by atoms with Gasteiger partial charge in [-0.15, -0.1) is 24.0 Å². The average molecular weight is 481 g/mol. The Labute approximate surface area is 173 Å². The van der Waals surface area contributed by atoms with Gasteiger partial charge in [0.25, 0.3) is 0 Å². The predicted molar refractivity (Wildman–Crippen MR) is 115 cm³/mol. The second-order valence-electron chi connectivity index (χ2n) is 6.78. The number of hydrogen-bond acceptors (Lipinski definition) is 3. The molecule has 2 rings (SSSR count). The zero-order valence-corrected chi connectivity index (χ0v) is 18.2. The lowest BCUT2D eigenvalue weighted by Gasteiger charge is -2.37. The second-order valence-corrected chi connectivity index (χ2v) is 7.16. The first kappa shape index (κ1) is 22.4. The minimum Gasteiger partial charge on any atom is -0.392 e. The fourth-order valence-corrected chi connectivity index (χ4v) is 3.16. The summed E-state index contributed by atoms with van der Waals surface area (Å²) in [5.74, 6) is 0.804. The zero-order valence-electron chi connectivity index (χ0n) is 15.1. The highest BCUT2D eigenvalue weighted by Gasteiger charge is 2.35. The standard InChI is InChI=1S/C18H29ClN4O.HI/c1-3-20-17(21-11-9-14-7-8-16(19)22-12-14)23-13-18(2)10-5-4-6-15(18)24;/h7-8,12,15,24H,3-6,9-11,13H2,1-2H3,(H2,20,21,23);1H. The van der Waals surface area contributed by atoms with E-state index in [1.165, 1.54) is 6.42 Å². The molecule has 1 saturated carbocycles. The molecule has 2 unspecified atom stereocenters. The number of halogens is 2. The van der Waals surface area contributed by atoms with Crippen LogP contribution in [-0.2, 0) is 6.42 Å². The van der Waals surface area contributed by atoms with Crippen LogP contribution in [0, 0.1) is 5.41 Å². The number of nitrogens with one attached hydrogen (secondary N) is 2. The molecule has 142 valence electrons. The Morgan fingerprint density at radius 3 is 2.84 bits per heavy atom. The summed E-state index contributed by atoms with van der Waals surface area (Å²) in [6, 6.07) is 3.79. The van der Waals surface area contributed by atoms with Crippen LogP contribution in [0.5, 0.6) is 0 Å². The largest absolute Gasteiger partial charge is 0.392 e. The Morgan fingerprint density at radius 2 is 2.20 bits per heavy atom. The number of aliphatic hydroxyl groups excluding tert-OH is 1. The first-order chi connectivity index (χ1) is 11.5. The van der Waals surface area contributed by atoms with Gasteiger partial charge in [0, 0.05) is 24.7 Å². The maximum Gasteiger partial charge on any atom is 0.191 e. The van der Waals surface area contributed by atoms with Crippen LogP contribution in [0.15, 0.2) is 23.3 Å². The molecule has 3 N–H and O–H groups in total. The van der Waals surface area contributed by atoms with Gasteiger partial charge in [-0.05, 0) is 37.8 Å². The van der Waals surface area contributed by atoms with E-state index in [1.54, 1.807) is 6.20 Å². The summed E-state index contributed by atoms with van der Waals surface area (Å²) in [5, 5.41) is 17.4. The normalized spacial score (nSPS) is 23.7. The van der Waals surface area contributed by atoms with Crippen molar-refractivity contribution in [2.24, 2.45) is 10.4 Å². The molecule has 2 atom stereocenters. The van der Waals surface area contributed by atoms with Crippen molar-refractivity contribution in [2.45, 2.75) is 52.1 Å². The number of hydrogen-bond donors (Lipinski definition) is 3. The molecular weight excluding hydrogens is 451 g/mol. The molecule has 0 saturated heterocycles. The van der Waals surface area contributed by atoms with Gasteiger partial charge in [-0.2, -0.15) is 0 Å². The summed E-state index contributed by atoms with van der Waals surface area (Å²) in [4.78, 5) is 8.79. The van der Waals surface area contributed by atoms with Gasteiger partial charge in [-0.3, -0.25) is 4.99 Å². The minimum atomic E-state index is -0.252. The maximum atomic E-state index is 10.3. The van der Waals surface area contributed by atoms with Gasteiger partial charge >= 0.3 is 0 Å². The number of aliphatic hydroxyl groups is 1. The number of nitrogens with zero attached hydrogens (tertiary/aromatic N) is 2. The molecule has 7 heteroatoms. The molecule has 0 aromatic carbocycles. The molecule has 0 radical (unpaired) electrons. The first-order valence-electron chi connectivity index (χ1n) is 8.84. The molecule has 1 aliphatic carbocycles. The Kier molecular flexibility index (Phi) is 10.0. The third-order valence-electron chi connectivity index (χ3n) is 4.72. The number of pyridine rings is 1. The van der Waals surface area contributed by atoms with E-state index in [0.29, 0.717) is 11.7 Å².